The molecule has 0 saturated heterocycles. The van der Waals surface area contributed by atoms with Crippen molar-refractivity contribution in [3.05, 3.63) is 24.3 Å². The highest BCUT2D eigenvalue weighted by Gasteiger charge is 2.16. The Morgan fingerprint density at radius 1 is 1.04 bits per heavy atom. The van der Waals surface area contributed by atoms with Crippen LogP contribution in [0.3, 0.4) is 0 Å². The predicted octanol–water partition coefficient (Wildman–Crippen LogP) is 3.25. The molecule has 0 aliphatic heterocycles. The van der Waals surface area contributed by atoms with E-state index in [9.17, 15) is 9.59 Å². The van der Waals surface area contributed by atoms with Crippen LogP contribution in [0.4, 0.5) is 5.69 Å². The SMILES string of the molecule is CCOc1ccc(NC(=O)CC(=O)NC2CCCCCC2)cc1. The predicted molar refractivity (Wildman–Crippen MR) is 90.5 cm³/mol. The van der Waals surface area contributed by atoms with Gasteiger partial charge >= 0.3 is 0 Å². The minimum atomic E-state index is -0.291. The van der Waals surface area contributed by atoms with Crippen LogP contribution in [0.15, 0.2) is 24.3 Å². The van der Waals surface area contributed by atoms with Gasteiger partial charge in [0.1, 0.15) is 12.2 Å². The van der Waals surface area contributed by atoms with Crippen molar-refractivity contribution >= 4 is 17.5 Å². The second-order valence-corrected chi connectivity index (χ2v) is 5.94. The third-order valence-electron chi connectivity index (χ3n) is 3.99. The van der Waals surface area contributed by atoms with Crippen LogP contribution >= 0.6 is 0 Å². The lowest BCUT2D eigenvalue weighted by Crippen LogP contribution is -2.36. The molecule has 1 aliphatic rings. The zero-order chi connectivity index (χ0) is 16.5. The van der Waals surface area contributed by atoms with Crippen LogP contribution in [0.5, 0.6) is 5.75 Å². The maximum absolute atomic E-state index is 12.0. The Labute approximate surface area is 137 Å². The number of carbonyl (C=O) groups excluding carboxylic acids is 2. The molecule has 0 spiro atoms. The Kier molecular flexibility index (Phi) is 6.91. The summed E-state index contributed by atoms with van der Waals surface area (Å²) in [6.07, 6.45) is 6.70. The summed E-state index contributed by atoms with van der Waals surface area (Å²) in [5, 5.41) is 5.72. The summed E-state index contributed by atoms with van der Waals surface area (Å²) in [4.78, 5) is 23.9. The van der Waals surface area contributed by atoms with E-state index in [1.54, 1.807) is 24.3 Å². The normalized spacial score (nSPS) is 15.5. The lowest BCUT2D eigenvalue weighted by atomic mass is 10.1. The number of ether oxygens (including phenoxy) is 1. The van der Waals surface area contributed by atoms with Gasteiger partial charge in [-0.3, -0.25) is 9.59 Å². The highest BCUT2D eigenvalue weighted by molar-refractivity contribution is 6.03. The molecule has 1 fully saturated rings. The molecule has 0 aromatic heterocycles. The molecule has 1 aliphatic carbocycles. The Balaban J connectivity index is 1.75. The van der Waals surface area contributed by atoms with E-state index in [-0.39, 0.29) is 24.3 Å². The van der Waals surface area contributed by atoms with Crippen molar-refractivity contribution in [2.24, 2.45) is 0 Å². The summed E-state index contributed by atoms with van der Waals surface area (Å²) in [6, 6.07) is 7.36. The molecule has 0 atom stereocenters. The second kappa shape index (κ2) is 9.18. The van der Waals surface area contributed by atoms with Gasteiger partial charge in [0.05, 0.1) is 6.61 Å². The van der Waals surface area contributed by atoms with Crippen molar-refractivity contribution in [2.75, 3.05) is 11.9 Å². The van der Waals surface area contributed by atoms with Gasteiger partial charge in [-0.05, 0) is 44.0 Å². The summed E-state index contributed by atoms with van der Waals surface area (Å²) in [7, 11) is 0. The first-order chi connectivity index (χ1) is 11.2. The molecule has 2 amide bonds. The van der Waals surface area contributed by atoms with Gasteiger partial charge in [0.25, 0.3) is 0 Å². The Hall–Kier alpha value is -2.04. The third kappa shape index (κ3) is 6.30. The quantitative estimate of drug-likeness (QED) is 0.625. The second-order valence-electron chi connectivity index (χ2n) is 5.94. The summed E-state index contributed by atoms with van der Waals surface area (Å²) in [5.41, 5.74) is 0.667. The van der Waals surface area contributed by atoms with Gasteiger partial charge in [0, 0.05) is 11.7 Å². The number of carbonyl (C=O) groups is 2. The van der Waals surface area contributed by atoms with E-state index in [0.29, 0.717) is 12.3 Å². The first kappa shape index (κ1) is 17.3. The van der Waals surface area contributed by atoms with Gasteiger partial charge in [-0.25, -0.2) is 0 Å². The molecule has 5 nitrogen and oxygen atoms in total. The van der Waals surface area contributed by atoms with Crippen molar-refractivity contribution in [3.63, 3.8) is 0 Å². The van der Waals surface area contributed by atoms with E-state index in [1.165, 1.54) is 12.8 Å². The van der Waals surface area contributed by atoms with Gasteiger partial charge in [-0.2, -0.15) is 0 Å². The molecular formula is C18H26N2O3. The van der Waals surface area contributed by atoms with E-state index in [1.807, 2.05) is 6.92 Å². The molecular weight excluding hydrogens is 292 g/mol. The minimum Gasteiger partial charge on any atom is -0.494 e. The zero-order valence-electron chi connectivity index (χ0n) is 13.8. The molecule has 5 heteroatoms. The number of benzene rings is 1. The minimum absolute atomic E-state index is 0.135. The van der Waals surface area contributed by atoms with Crippen molar-refractivity contribution in [3.8, 4) is 5.75 Å². The van der Waals surface area contributed by atoms with Gasteiger partial charge in [0.2, 0.25) is 11.8 Å². The molecule has 0 heterocycles. The van der Waals surface area contributed by atoms with Gasteiger partial charge in [-0.1, -0.05) is 25.7 Å². The molecule has 1 saturated carbocycles. The molecule has 2 rings (SSSR count). The van der Waals surface area contributed by atoms with E-state index in [4.69, 9.17) is 4.74 Å². The fourth-order valence-corrected chi connectivity index (χ4v) is 2.85. The topological polar surface area (TPSA) is 67.4 Å². The lowest BCUT2D eigenvalue weighted by molar-refractivity contribution is -0.127. The molecule has 126 valence electrons. The Morgan fingerprint density at radius 2 is 1.70 bits per heavy atom. The summed E-state index contributed by atoms with van der Waals surface area (Å²) in [6.45, 7) is 2.52. The highest BCUT2D eigenvalue weighted by atomic mass is 16.5. The first-order valence-electron chi connectivity index (χ1n) is 8.49. The smallest absolute Gasteiger partial charge is 0.233 e. The third-order valence-corrected chi connectivity index (χ3v) is 3.99. The van der Waals surface area contributed by atoms with Crippen molar-refractivity contribution in [1.29, 1.82) is 0 Å². The first-order valence-corrected chi connectivity index (χ1v) is 8.49. The molecule has 1 aromatic carbocycles. The average molecular weight is 318 g/mol. The maximum Gasteiger partial charge on any atom is 0.233 e. The highest BCUT2D eigenvalue weighted by Crippen LogP contribution is 2.18. The molecule has 2 N–H and O–H groups in total. The molecule has 0 radical (unpaired) electrons. The van der Waals surface area contributed by atoms with E-state index < -0.39 is 0 Å². The van der Waals surface area contributed by atoms with Crippen molar-refractivity contribution in [2.45, 2.75) is 57.9 Å². The van der Waals surface area contributed by atoms with Gasteiger partial charge in [-0.15, -0.1) is 0 Å². The molecule has 0 bridgehead atoms. The van der Waals surface area contributed by atoms with Crippen LogP contribution < -0.4 is 15.4 Å². The number of anilines is 1. The average Bonchev–Trinajstić information content (AvgIpc) is 2.78. The monoisotopic (exact) mass is 318 g/mol. The van der Waals surface area contributed by atoms with Crippen LogP contribution in [0, 0.1) is 0 Å². The lowest BCUT2D eigenvalue weighted by Gasteiger charge is -2.16. The molecule has 0 unspecified atom stereocenters. The van der Waals surface area contributed by atoms with Crippen LogP contribution in [-0.4, -0.2) is 24.5 Å². The summed E-state index contributed by atoms with van der Waals surface area (Å²) < 4.78 is 5.35. The Bertz CT molecular complexity index is 506. The van der Waals surface area contributed by atoms with Crippen LogP contribution in [0.25, 0.3) is 0 Å². The maximum atomic E-state index is 12.0. The van der Waals surface area contributed by atoms with Gasteiger partial charge in [0.15, 0.2) is 0 Å². The van der Waals surface area contributed by atoms with Crippen molar-refractivity contribution in [1.82, 2.24) is 5.32 Å². The van der Waals surface area contributed by atoms with E-state index >= 15 is 0 Å². The van der Waals surface area contributed by atoms with Gasteiger partial charge < -0.3 is 15.4 Å². The number of nitrogens with one attached hydrogen (secondary N) is 2. The van der Waals surface area contributed by atoms with Crippen LogP contribution in [-0.2, 0) is 9.59 Å². The molecule has 23 heavy (non-hydrogen) atoms. The number of hydrogen-bond acceptors (Lipinski definition) is 3. The zero-order valence-corrected chi connectivity index (χ0v) is 13.8. The molecule has 1 aromatic rings. The largest absolute Gasteiger partial charge is 0.494 e. The number of hydrogen-bond donors (Lipinski definition) is 2. The fraction of sp³-hybridized carbons (Fsp3) is 0.556. The summed E-state index contributed by atoms with van der Waals surface area (Å²) in [5.74, 6) is 0.275. The van der Waals surface area contributed by atoms with E-state index in [2.05, 4.69) is 10.6 Å². The number of rotatable bonds is 6. The summed E-state index contributed by atoms with van der Waals surface area (Å²) >= 11 is 0. The van der Waals surface area contributed by atoms with Crippen LogP contribution in [0.1, 0.15) is 51.9 Å². The Morgan fingerprint density at radius 3 is 2.30 bits per heavy atom. The standard InChI is InChI=1S/C18H26N2O3/c1-2-23-16-11-9-15(10-12-16)20-18(22)13-17(21)19-14-7-5-3-4-6-8-14/h9-12,14H,2-8,13H2,1H3,(H,19,21)(H,20,22). The fourth-order valence-electron chi connectivity index (χ4n) is 2.85. The number of amides is 2. The van der Waals surface area contributed by atoms with Crippen molar-refractivity contribution < 1.29 is 14.3 Å². The van der Waals surface area contributed by atoms with Crippen LogP contribution in [0.2, 0.25) is 0 Å². The van der Waals surface area contributed by atoms with E-state index in [0.717, 1.165) is 31.4 Å².